The van der Waals surface area contributed by atoms with E-state index in [1.807, 2.05) is 12.1 Å². The molecule has 5 nitrogen and oxygen atoms in total. The first kappa shape index (κ1) is 18.6. The Morgan fingerprint density at radius 2 is 1.55 bits per heavy atom. The molecule has 5 heteroatoms. The van der Waals surface area contributed by atoms with E-state index in [0.29, 0.717) is 17.6 Å². The van der Waals surface area contributed by atoms with Crippen molar-refractivity contribution < 1.29 is 19.1 Å². The summed E-state index contributed by atoms with van der Waals surface area (Å²) in [7, 11) is 0. The van der Waals surface area contributed by atoms with E-state index >= 15 is 0 Å². The Hall–Kier alpha value is -2.43. The van der Waals surface area contributed by atoms with Crippen molar-refractivity contribution in [2.75, 3.05) is 6.54 Å². The Balaban J connectivity index is 1.20. The summed E-state index contributed by atoms with van der Waals surface area (Å²) in [5.74, 6) is 1.07. The molecule has 5 aliphatic rings. The van der Waals surface area contributed by atoms with Gasteiger partial charge in [0.15, 0.2) is 0 Å². The van der Waals surface area contributed by atoms with Gasteiger partial charge in [0.25, 0.3) is 0 Å². The molecule has 152 valence electrons. The standard InChI is InChI=1S/C24H27NO4/c1-24(2,3)13-4-6-14(7-5-13)29-19(26)10-11-25-22(27)20-15-8-9-16(18-12-17(15)18)21(20)23(25)28/h4-9,15-18,20-21H,10-12H2,1-3H3/t15-,16-,17-,18+,20-,21+/m1/s1. The summed E-state index contributed by atoms with van der Waals surface area (Å²) < 4.78 is 5.41. The lowest BCUT2D eigenvalue weighted by molar-refractivity contribution is -0.141. The average molecular weight is 393 g/mol. The Morgan fingerprint density at radius 3 is 2.07 bits per heavy atom. The molecule has 6 atom stereocenters. The maximum absolute atomic E-state index is 12.9. The number of carbonyl (C=O) groups excluding carboxylic acids is 3. The van der Waals surface area contributed by atoms with Crippen LogP contribution in [0.2, 0.25) is 0 Å². The van der Waals surface area contributed by atoms with Gasteiger partial charge in [-0.05, 0) is 53.2 Å². The zero-order chi connectivity index (χ0) is 20.5. The summed E-state index contributed by atoms with van der Waals surface area (Å²) in [6.45, 7) is 6.49. The quantitative estimate of drug-likeness (QED) is 0.341. The number of imide groups is 1. The highest BCUT2D eigenvalue weighted by Crippen LogP contribution is 2.65. The highest BCUT2D eigenvalue weighted by atomic mass is 16.5. The number of carbonyl (C=O) groups is 3. The molecule has 0 aromatic heterocycles. The highest BCUT2D eigenvalue weighted by Gasteiger charge is 2.66. The molecule has 1 aromatic rings. The third-order valence-corrected chi connectivity index (χ3v) is 7.25. The smallest absolute Gasteiger partial charge is 0.312 e. The van der Waals surface area contributed by atoms with Crippen molar-refractivity contribution >= 4 is 17.8 Å². The largest absolute Gasteiger partial charge is 0.426 e. The lowest BCUT2D eigenvalue weighted by Gasteiger charge is -2.37. The van der Waals surface area contributed by atoms with Gasteiger partial charge in [0.05, 0.1) is 18.3 Å². The SMILES string of the molecule is CC(C)(C)c1ccc(OC(=O)CCN2C(=O)[C@@H]3[C@@H]4C=C[C@H]([C@@H]5C[C@H]45)[C@@H]3C2=O)cc1. The predicted octanol–water partition coefficient (Wildman–Crippen LogP) is 3.33. The molecule has 1 aromatic carbocycles. The van der Waals surface area contributed by atoms with E-state index in [2.05, 4.69) is 32.9 Å². The third-order valence-electron chi connectivity index (χ3n) is 7.25. The first-order valence-electron chi connectivity index (χ1n) is 10.6. The van der Waals surface area contributed by atoms with Gasteiger partial charge in [-0.15, -0.1) is 0 Å². The zero-order valence-corrected chi connectivity index (χ0v) is 17.1. The van der Waals surface area contributed by atoms with E-state index in [0.717, 1.165) is 12.0 Å². The van der Waals surface area contributed by atoms with E-state index in [-0.39, 0.29) is 53.9 Å². The minimum Gasteiger partial charge on any atom is -0.426 e. The molecule has 0 unspecified atom stereocenters. The molecular weight excluding hydrogens is 366 g/mol. The summed E-state index contributed by atoms with van der Waals surface area (Å²) in [6.07, 6.45) is 5.48. The van der Waals surface area contributed by atoms with E-state index < -0.39 is 5.97 Å². The van der Waals surface area contributed by atoms with Crippen LogP contribution in [-0.2, 0) is 19.8 Å². The molecular formula is C24H27NO4. The van der Waals surface area contributed by atoms with Crippen molar-refractivity contribution in [3.8, 4) is 5.75 Å². The summed E-state index contributed by atoms with van der Waals surface area (Å²) in [5, 5.41) is 0. The molecule has 29 heavy (non-hydrogen) atoms. The monoisotopic (exact) mass is 393 g/mol. The number of rotatable bonds is 4. The van der Waals surface area contributed by atoms with Crippen LogP contribution in [0.5, 0.6) is 5.75 Å². The zero-order valence-electron chi connectivity index (χ0n) is 17.1. The minimum absolute atomic E-state index is 0.0214. The molecule has 2 amide bonds. The summed E-state index contributed by atoms with van der Waals surface area (Å²) in [4.78, 5) is 39.5. The second kappa shape index (κ2) is 6.28. The average Bonchev–Trinajstić information content (AvgIpc) is 3.45. The van der Waals surface area contributed by atoms with Gasteiger partial charge < -0.3 is 4.74 Å². The maximum Gasteiger partial charge on any atom is 0.312 e. The van der Waals surface area contributed by atoms with Crippen LogP contribution in [-0.4, -0.2) is 29.2 Å². The molecule has 1 aliphatic heterocycles. The molecule has 0 spiro atoms. The van der Waals surface area contributed by atoms with Gasteiger partial charge in [0, 0.05) is 6.54 Å². The normalized spacial score (nSPS) is 34.2. The Labute approximate surface area is 171 Å². The maximum atomic E-state index is 12.9. The fraction of sp³-hybridized carbons (Fsp3) is 0.542. The van der Waals surface area contributed by atoms with Gasteiger partial charge in [0.2, 0.25) is 11.8 Å². The fourth-order valence-electron chi connectivity index (χ4n) is 5.65. The van der Waals surface area contributed by atoms with Crippen LogP contribution < -0.4 is 4.74 Å². The minimum atomic E-state index is -0.423. The number of esters is 1. The lowest BCUT2D eigenvalue weighted by Crippen LogP contribution is -2.40. The van der Waals surface area contributed by atoms with Crippen molar-refractivity contribution in [2.45, 2.75) is 39.0 Å². The number of allylic oxidation sites excluding steroid dienone is 2. The molecule has 0 radical (unpaired) electrons. The van der Waals surface area contributed by atoms with E-state index in [1.54, 1.807) is 12.1 Å². The van der Waals surface area contributed by atoms with Crippen molar-refractivity contribution in [2.24, 2.45) is 35.5 Å². The van der Waals surface area contributed by atoms with Crippen LogP contribution in [0.25, 0.3) is 0 Å². The van der Waals surface area contributed by atoms with Crippen molar-refractivity contribution in [1.29, 1.82) is 0 Å². The molecule has 4 aliphatic carbocycles. The molecule has 6 rings (SSSR count). The van der Waals surface area contributed by atoms with Gasteiger partial charge in [-0.2, -0.15) is 0 Å². The van der Waals surface area contributed by atoms with Gasteiger partial charge in [-0.25, -0.2) is 0 Å². The molecule has 3 fully saturated rings. The predicted molar refractivity (Wildman–Crippen MR) is 107 cm³/mol. The van der Waals surface area contributed by atoms with Gasteiger partial charge in [0.1, 0.15) is 5.75 Å². The molecule has 2 bridgehead atoms. The number of likely N-dealkylation sites (tertiary alicyclic amines) is 1. The number of hydrogen-bond donors (Lipinski definition) is 0. The van der Waals surface area contributed by atoms with E-state index in [4.69, 9.17) is 4.74 Å². The van der Waals surface area contributed by atoms with Gasteiger partial charge >= 0.3 is 5.97 Å². The number of hydrogen-bond acceptors (Lipinski definition) is 4. The molecule has 1 saturated heterocycles. The number of nitrogens with zero attached hydrogens (tertiary/aromatic N) is 1. The van der Waals surface area contributed by atoms with Crippen molar-refractivity contribution in [3.63, 3.8) is 0 Å². The highest BCUT2D eigenvalue weighted by molar-refractivity contribution is 6.06. The molecule has 2 saturated carbocycles. The first-order valence-corrected chi connectivity index (χ1v) is 10.6. The summed E-state index contributed by atoms with van der Waals surface area (Å²) >= 11 is 0. The van der Waals surface area contributed by atoms with Gasteiger partial charge in [-0.3, -0.25) is 19.3 Å². The second-order valence-electron chi connectivity index (χ2n) is 9.98. The van der Waals surface area contributed by atoms with Crippen LogP contribution in [0.15, 0.2) is 36.4 Å². The first-order chi connectivity index (χ1) is 13.8. The van der Waals surface area contributed by atoms with Crippen LogP contribution in [0.3, 0.4) is 0 Å². The second-order valence-corrected chi connectivity index (χ2v) is 9.98. The van der Waals surface area contributed by atoms with E-state index in [1.165, 1.54) is 4.90 Å². The number of amides is 2. The molecule has 1 heterocycles. The van der Waals surface area contributed by atoms with Crippen LogP contribution >= 0.6 is 0 Å². The number of benzene rings is 1. The van der Waals surface area contributed by atoms with Crippen molar-refractivity contribution in [3.05, 3.63) is 42.0 Å². The van der Waals surface area contributed by atoms with Crippen LogP contribution in [0.4, 0.5) is 0 Å². The number of ether oxygens (including phenoxy) is 1. The third kappa shape index (κ3) is 2.93. The summed E-state index contributed by atoms with van der Waals surface area (Å²) in [5.41, 5.74) is 1.19. The fourth-order valence-corrected chi connectivity index (χ4v) is 5.65. The molecule has 0 N–H and O–H groups in total. The van der Waals surface area contributed by atoms with Crippen molar-refractivity contribution in [1.82, 2.24) is 4.90 Å². The topological polar surface area (TPSA) is 63.7 Å². The Morgan fingerprint density at radius 1 is 1.00 bits per heavy atom. The Kier molecular flexibility index (Phi) is 4.03. The van der Waals surface area contributed by atoms with E-state index in [9.17, 15) is 14.4 Å². The van der Waals surface area contributed by atoms with Gasteiger partial charge in [-0.1, -0.05) is 45.1 Å². The summed E-state index contributed by atoms with van der Waals surface area (Å²) in [6, 6.07) is 7.48. The van der Waals surface area contributed by atoms with Crippen LogP contribution in [0.1, 0.15) is 39.2 Å². The Bertz CT molecular complexity index is 874. The van der Waals surface area contributed by atoms with Crippen LogP contribution in [0, 0.1) is 35.5 Å². The lowest BCUT2D eigenvalue weighted by atomic mass is 9.63.